The Balaban J connectivity index is 2.10. The summed E-state index contributed by atoms with van der Waals surface area (Å²) in [5.74, 6) is -0.882. The molecule has 2 rings (SSSR count). The number of benzene rings is 2. The molecule has 11 heteroatoms. The quantitative estimate of drug-likeness (QED) is 0.527. The van der Waals surface area contributed by atoms with Crippen LogP contribution in [0.2, 0.25) is 5.02 Å². The van der Waals surface area contributed by atoms with E-state index in [1.54, 1.807) is 19.1 Å². The number of anilines is 1. The molecule has 0 atom stereocenters. The first-order chi connectivity index (χ1) is 15.4. The molecular formula is C22H27ClN2O7S. The first kappa shape index (κ1) is 26.4. The Morgan fingerprint density at radius 1 is 1.15 bits per heavy atom. The van der Waals surface area contributed by atoms with Gasteiger partial charge in [-0.3, -0.25) is 4.79 Å². The molecule has 0 heterocycles. The van der Waals surface area contributed by atoms with Crippen molar-refractivity contribution >= 4 is 39.2 Å². The van der Waals surface area contributed by atoms with Crippen LogP contribution in [0.3, 0.4) is 0 Å². The number of nitrogens with one attached hydrogen (secondary N) is 1. The zero-order chi connectivity index (χ0) is 24.9. The first-order valence-electron chi connectivity index (χ1n) is 9.91. The highest BCUT2D eigenvalue weighted by atomic mass is 35.5. The lowest BCUT2D eigenvalue weighted by molar-refractivity contribution is -0.119. The number of carbonyl (C=O) groups is 2. The van der Waals surface area contributed by atoms with Crippen LogP contribution in [0.1, 0.15) is 29.8 Å². The number of aryl methyl sites for hydroxylation is 1. The molecule has 180 valence electrons. The second-order valence-corrected chi connectivity index (χ2v) is 10.1. The Morgan fingerprint density at radius 2 is 1.82 bits per heavy atom. The molecule has 2 aromatic rings. The van der Waals surface area contributed by atoms with Crippen LogP contribution in [0.15, 0.2) is 35.2 Å². The van der Waals surface area contributed by atoms with Gasteiger partial charge in [0.25, 0.3) is 5.91 Å². The molecule has 0 aromatic heterocycles. The maximum Gasteiger partial charge on any atom is 0.338 e. The van der Waals surface area contributed by atoms with Gasteiger partial charge in [-0.25, -0.2) is 17.5 Å². The monoisotopic (exact) mass is 498 g/mol. The van der Waals surface area contributed by atoms with Gasteiger partial charge in [-0.15, -0.1) is 0 Å². The molecule has 33 heavy (non-hydrogen) atoms. The highest BCUT2D eigenvalue weighted by Crippen LogP contribution is 2.37. The van der Waals surface area contributed by atoms with E-state index in [1.165, 1.54) is 39.4 Å². The molecule has 0 aliphatic carbocycles. The summed E-state index contributed by atoms with van der Waals surface area (Å²) in [6.45, 7) is 4.71. The summed E-state index contributed by atoms with van der Waals surface area (Å²) in [5, 5.41) is 2.68. The van der Waals surface area contributed by atoms with Crippen molar-refractivity contribution in [1.82, 2.24) is 4.31 Å². The molecule has 0 aliphatic rings. The van der Waals surface area contributed by atoms with E-state index >= 15 is 0 Å². The summed E-state index contributed by atoms with van der Waals surface area (Å²) in [4.78, 5) is 24.8. The molecule has 1 N–H and O–H groups in total. The average Bonchev–Trinajstić information content (AvgIpc) is 2.74. The number of sulfonamides is 1. The standard InChI is InChI=1S/C22H27ClN2O7S/c1-13(2)32-21-17(23)9-15(10-18(21)30-6)22(27)31-12-20(26)24-16-8-7-14(3)19(11-16)33(28,29)25(4)5/h7-11,13H,12H2,1-6H3,(H,24,26). The van der Waals surface area contributed by atoms with Gasteiger partial charge < -0.3 is 19.5 Å². The van der Waals surface area contributed by atoms with Crippen LogP contribution in [-0.4, -0.2) is 58.5 Å². The number of rotatable bonds is 9. The summed E-state index contributed by atoms with van der Waals surface area (Å²) in [6, 6.07) is 7.25. The van der Waals surface area contributed by atoms with E-state index in [1.807, 2.05) is 13.8 Å². The number of nitrogens with zero attached hydrogens (tertiary/aromatic N) is 1. The minimum absolute atomic E-state index is 0.0627. The molecule has 2 aromatic carbocycles. The van der Waals surface area contributed by atoms with Crippen molar-refractivity contribution in [2.45, 2.75) is 31.8 Å². The van der Waals surface area contributed by atoms with Gasteiger partial charge in [0.2, 0.25) is 10.0 Å². The molecule has 0 aliphatic heterocycles. The van der Waals surface area contributed by atoms with Gasteiger partial charge in [0.15, 0.2) is 18.1 Å². The van der Waals surface area contributed by atoms with Gasteiger partial charge in [0.1, 0.15) is 0 Å². The SMILES string of the molecule is COc1cc(C(=O)OCC(=O)Nc2ccc(C)c(S(=O)(=O)N(C)C)c2)cc(Cl)c1OC(C)C. The fraction of sp³-hybridized carbons (Fsp3) is 0.364. The zero-order valence-electron chi connectivity index (χ0n) is 19.3. The lowest BCUT2D eigenvalue weighted by Crippen LogP contribution is -2.24. The number of methoxy groups -OCH3 is 1. The third-order valence-electron chi connectivity index (χ3n) is 4.38. The molecule has 0 saturated heterocycles. The Hall–Kier alpha value is -2.82. The summed E-state index contributed by atoms with van der Waals surface area (Å²) >= 11 is 6.21. The molecule has 9 nitrogen and oxygen atoms in total. The highest BCUT2D eigenvalue weighted by molar-refractivity contribution is 7.89. The largest absolute Gasteiger partial charge is 0.493 e. The molecular weight excluding hydrogens is 472 g/mol. The molecule has 1 amide bonds. The molecule has 0 spiro atoms. The van der Waals surface area contributed by atoms with Crippen molar-refractivity contribution in [3.8, 4) is 11.5 Å². The van der Waals surface area contributed by atoms with E-state index in [9.17, 15) is 18.0 Å². The molecule has 0 radical (unpaired) electrons. The summed E-state index contributed by atoms with van der Waals surface area (Å²) in [7, 11) is 0.561. The Bertz CT molecular complexity index is 1150. The van der Waals surface area contributed by atoms with Crippen LogP contribution in [0.25, 0.3) is 0 Å². The van der Waals surface area contributed by atoms with Crippen molar-refractivity contribution in [3.63, 3.8) is 0 Å². The predicted octanol–water partition coefficient (Wildman–Crippen LogP) is 3.49. The van der Waals surface area contributed by atoms with E-state index in [-0.39, 0.29) is 33.0 Å². The van der Waals surface area contributed by atoms with Crippen molar-refractivity contribution in [2.24, 2.45) is 0 Å². The van der Waals surface area contributed by atoms with Crippen LogP contribution in [0.4, 0.5) is 5.69 Å². The van der Waals surface area contributed by atoms with Crippen LogP contribution in [0, 0.1) is 6.92 Å². The predicted molar refractivity (Wildman–Crippen MR) is 125 cm³/mol. The van der Waals surface area contributed by atoms with Gasteiger partial charge in [-0.2, -0.15) is 0 Å². The maximum atomic E-state index is 12.4. The van der Waals surface area contributed by atoms with Gasteiger partial charge in [-0.05, 0) is 50.6 Å². The normalized spacial score (nSPS) is 11.4. The number of amides is 1. The van der Waals surface area contributed by atoms with Crippen molar-refractivity contribution in [2.75, 3.05) is 33.1 Å². The number of hydrogen-bond donors (Lipinski definition) is 1. The maximum absolute atomic E-state index is 12.4. The lowest BCUT2D eigenvalue weighted by Gasteiger charge is -2.16. The molecule has 0 saturated carbocycles. The summed E-state index contributed by atoms with van der Waals surface area (Å²) in [5.41, 5.74) is 0.862. The summed E-state index contributed by atoms with van der Waals surface area (Å²) < 4.78 is 41.9. The van der Waals surface area contributed by atoms with Crippen LogP contribution >= 0.6 is 11.6 Å². The second-order valence-electron chi connectivity index (χ2n) is 7.55. The number of carbonyl (C=O) groups excluding carboxylic acids is 2. The summed E-state index contributed by atoms with van der Waals surface area (Å²) in [6.07, 6.45) is -0.159. The number of hydrogen-bond acceptors (Lipinski definition) is 7. The van der Waals surface area contributed by atoms with Gasteiger partial charge in [0.05, 0.1) is 28.7 Å². The number of halogens is 1. The van der Waals surface area contributed by atoms with Crippen molar-refractivity contribution in [3.05, 3.63) is 46.5 Å². The topological polar surface area (TPSA) is 111 Å². The lowest BCUT2D eigenvalue weighted by atomic mass is 10.2. The van der Waals surface area contributed by atoms with E-state index in [4.69, 9.17) is 25.8 Å². The fourth-order valence-electron chi connectivity index (χ4n) is 2.75. The van der Waals surface area contributed by atoms with Gasteiger partial charge in [0, 0.05) is 19.8 Å². The van der Waals surface area contributed by atoms with Crippen LogP contribution in [0.5, 0.6) is 11.5 Å². The van der Waals surface area contributed by atoms with Crippen molar-refractivity contribution < 1.29 is 32.2 Å². The highest BCUT2D eigenvalue weighted by Gasteiger charge is 2.21. The van der Waals surface area contributed by atoms with E-state index < -0.39 is 28.5 Å². The van der Waals surface area contributed by atoms with Gasteiger partial charge >= 0.3 is 5.97 Å². The van der Waals surface area contributed by atoms with E-state index in [0.29, 0.717) is 11.3 Å². The first-order valence-corrected chi connectivity index (χ1v) is 11.7. The second kappa shape index (κ2) is 10.9. The van der Waals surface area contributed by atoms with E-state index in [2.05, 4.69) is 5.32 Å². The fourth-order valence-corrected chi connectivity index (χ4v) is 4.15. The minimum atomic E-state index is -3.69. The van der Waals surface area contributed by atoms with Crippen molar-refractivity contribution in [1.29, 1.82) is 0 Å². The van der Waals surface area contributed by atoms with Gasteiger partial charge in [-0.1, -0.05) is 17.7 Å². The van der Waals surface area contributed by atoms with Crippen LogP contribution in [-0.2, 0) is 19.6 Å². The average molecular weight is 499 g/mol. The smallest absolute Gasteiger partial charge is 0.338 e. The minimum Gasteiger partial charge on any atom is -0.493 e. The number of esters is 1. The van der Waals surface area contributed by atoms with Crippen LogP contribution < -0.4 is 14.8 Å². The third-order valence-corrected chi connectivity index (χ3v) is 6.62. The third kappa shape index (κ3) is 6.59. The number of ether oxygens (including phenoxy) is 3. The molecule has 0 fully saturated rings. The van der Waals surface area contributed by atoms with E-state index in [0.717, 1.165) is 4.31 Å². The Morgan fingerprint density at radius 3 is 2.39 bits per heavy atom. The Labute approximate surface area is 198 Å². The Kier molecular flexibility index (Phi) is 8.70. The zero-order valence-corrected chi connectivity index (χ0v) is 20.8. The molecule has 0 bridgehead atoms. The molecule has 0 unspecified atom stereocenters.